The van der Waals surface area contributed by atoms with Crippen LogP contribution in [0.2, 0.25) is 0 Å². The first-order chi connectivity index (χ1) is 9.21. The Morgan fingerprint density at radius 2 is 2.21 bits per heavy atom. The van der Waals surface area contributed by atoms with E-state index >= 15 is 0 Å². The third kappa shape index (κ3) is 5.74. The van der Waals surface area contributed by atoms with Crippen molar-refractivity contribution in [2.24, 2.45) is 11.7 Å². The molecular formula is C15H26N2OS. The van der Waals surface area contributed by atoms with Crippen LogP contribution in [0.3, 0.4) is 0 Å². The van der Waals surface area contributed by atoms with E-state index in [9.17, 15) is 4.79 Å². The molecule has 108 valence electrons. The average molecular weight is 282 g/mol. The standard InChI is InChI=1S/C15H26N2OS/c1-3-12(7-9-16)5-6-15(18)17-11-14-13(4-2)8-10-19-14/h8,10,12H,3-7,9,11,16H2,1-2H3,(H,17,18). The smallest absolute Gasteiger partial charge is 0.220 e. The van der Waals surface area contributed by atoms with E-state index < -0.39 is 0 Å². The molecule has 0 aromatic carbocycles. The van der Waals surface area contributed by atoms with Crippen LogP contribution in [0.4, 0.5) is 0 Å². The summed E-state index contributed by atoms with van der Waals surface area (Å²) in [5.74, 6) is 0.745. The Morgan fingerprint density at radius 3 is 2.84 bits per heavy atom. The molecule has 3 nitrogen and oxygen atoms in total. The minimum Gasteiger partial charge on any atom is -0.351 e. The predicted octanol–water partition coefficient (Wildman–Crippen LogP) is 3.08. The van der Waals surface area contributed by atoms with Crippen molar-refractivity contribution in [1.29, 1.82) is 0 Å². The molecule has 0 spiro atoms. The average Bonchev–Trinajstić information content (AvgIpc) is 2.88. The summed E-state index contributed by atoms with van der Waals surface area (Å²) in [5.41, 5.74) is 6.91. The molecule has 0 aliphatic carbocycles. The maximum absolute atomic E-state index is 11.8. The van der Waals surface area contributed by atoms with E-state index in [1.165, 1.54) is 10.4 Å². The van der Waals surface area contributed by atoms with Crippen molar-refractivity contribution >= 4 is 17.2 Å². The summed E-state index contributed by atoms with van der Waals surface area (Å²) >= 11 is 1.72. The molecule has 1 rings (SSSR count). The minimum atomic E-state index is 0.158. The van der Waals surface area contributed by atoms with Crippen molar-refractivity contribution in [1.82, 2.24) is 5.32 Å². The number of aryl methyl sites for hydroxylation is 1. The molecule has 1 heterocycles. The molecule has 1 atom stereocenters. The fraction of sp³-hybridized carbons (Fsp3) is 0.667. The van der Waals surface area contributed by atoms with Crippen LogP contribution in [-0.4, -0.2) is 12.5 Å². The highest BCUT2D eigenvalue weighted by molar-refractivity contribution is 7.10. The predicted molar refractivity (Wildman–Crippen MR) is 82.2 cm³/mol. The first-order valence-electron chi connectivity index (χ1n) is 7.23. The fourth-order valence-electron chi connectivity index (χ4n) is 2.23. The van der Waals surface area contributed by atoms with Crippen LogP contribution in [0, 0.1) is 5.92 Å². The number of nitrogens with two attached hydrogens (primary N) is 1. The van der Waals surface area contributed by atoms with Gasteiger partial charge >= 0.3 is 0 Å². The Morgan fingerprint density at radius 1 is 1.42 bits per heavy atom. The molecule has 1 amide bonds. The summed E-state index contributed by atoms with van der Waals surface area (Å²) in [6.07, 6.45) is 4.73. The largest absolute Gasteiger partial charge is 0.351 e. The van der Waals surface area contributed by atoms with Crippen LogP contribution in [0.25, 0.3) is 0 Å². The number of carbonyl (C=O) groups is 1. The van der Waals surface area contributed by atoms with Gasteiger partial charge in [-0.2, -0.15) is 0 Å². The van der Waals surface area contributed by atoms with Gasteiger partial charge < -0.3 is 11.1 Å². The lowest BCUT2D eigenvalue weighted by atomic mass is 9.96. The van der Waals surface area contributed by atoms with Gasteiger partial charge in [0.25, 0.3) is 0 Å². The molecule has 4 heteroatoms. The van der Waals surface area contributed by atoms with Gasteiger partial charge in [-0.3, -0.25) is 4.79 Å². The molecule has 1 unspecified atom stereocenters. The second-order valence-electron chi connectivity index (χ2n) is 4.89. The minimum absolute atomic E-state index is 0.158. The van der Waals surface area contributed by atoms with Crippen molar-refractivity contribution in [2.45, 2.75) is 52.5 Å². The Kier molecular flexibility index (Phi) is 7.75. The highest BCUT2D eigenvalue weighted by Gasteiger charge is 2.09. The molecule has 0 radical (unpaired) electrons. The fourth-order valence-corrected chi connectivity index (χ4v) is 3.14. The van der Waals surface area contributed by atoms with E-state index in [0.717, 1.165) is 32.2 Å². The Hall–Kier alpha value is -0.870. The molecule has 19 heavy (non-hydrogen) atoms. The van der Waals surface area contributed by atoms with Crippen molar-refractivity contribution in [2.75, 3.05) is 6.54 Å². The molecule has 0 bridgehead atoms. The third-order valence-corrected chi connectivity index (χ3v) is 4.56. The van der Waals surface area contributed by atoms with Crippen molar-refractivity contribution < 1.29 is 4.79 Å². The van der Waals surface area contributed by atoms with Crippen LogP contribution in [0.15, 0.2) is 11.4 Å². The zero-order valence-corrected chi connectivity index (χ0v) is 12.9. The van der Waals surface area contributed by atoms with Crippen LogP contribution in [0.1, 0.15) is 50.0 Å². The number of amides is 1. The molecule has 0 aliphatic heterocycles. The summed E-state index contributed by atoms with van der Waals surface area (Å²) in [4.78, 5) is 13.1. The van der Waals surface area contributed by atoms with Gasteiger partial charge in [-0.15, -0.1) is 11.3 Å². The summed E-state index contributed by atoms with van der Waals surface area (Å²) in [5, 5.41) is 5.11. The first kappa shape index (κ1) is 16.2. The van der Waals surface area contributed by atoms with Gasteiger partial charge in [0.2, 0.25) is 5.91 Å². The van der Waals surface area contributed by atoms with Crippen LogP contribution < -0.4 is 11.1 Å². The molecule has 0 aliphatic rings. The second kappa shape index (κ2) is 9.10. The zero-order chi connectivity index (χ0) is 14.1. The SMILES string of the molecule is CCc1ccsc1CNC(=O)CCC(CC)CCN. The van der Waals surface area contributed by atoms with Crippen molar-refractivity contribution in [3.8, 4) is 0 Å². The van der Waals surface area contributed by atoms with Crippen LogP contribution in [0.5, 0.6) is 0 Å². The molecule has 3 N–H and O–H groups in total. The molecule has 1 aromatic rings. The normalized spacial score (nSPS) is 12.4. The second-order valence-corrected chi connectivity index (χ2v) is 5.89. The summed E-state index contributed by atoms with van der Waals surface area (Å²) < 4.78 is 0. The number of hydrogen-bond donors (Lipinski definition) is 2. The monoisotopic (exact) mass is 282 g/mol. The number of carbonyl (C=O) groups excluding carboxylic acids is 1. The van der Waals surface area contributed by atoms with Crippen molar-refractivity contribution in [3.63, 3.8) is 0 Å². The molecule has 0 fully saturated rings. The lowest BCUT2D eigenvalue weighted by Crippen LogP contribution is -2.23. The highest BCUT2D eigenvalue weighted by Crippen LogP contribution is 2.17. The summed E-state index contributed by atoms with van der Waals surface area (Å²) in [6.45, 7) is 5.70. The van der Waals surface area contributed by atoms with Gasteiger partial charge in [-0.05, 0) is 48.7 Å². The Labute approximate surface area is 120 Å². The maximum atomic E-state index is 11.8. The van der Waals surface area contributed by atoms with Gasteiger partial charge in [-0.1, -0.05) is 20.3 Å². The lowest BCUT2D eigenvalue weighted by Gasteiger charge is -2.13. The third-order valence-electron chi connectivity index (χ3n) is 3.60. The highest BCUT2D eigenvalue weighted by atomic mass is 32.1. The molecule has 0 saturated heterocycles. The number of thiophene rings is 1. The zero-order valence-electron chi connectivity index (χ0n) is 12.1. The topological polar surface area (TPSA) is 55.1 Å². The van der Waals surface area contributed by atoms with E-state index in [0.29, 0.717) is 18.9 Å². The van der Waals surface area contributed by atoms with E-state index in [1.54, 1.807) is 11.3 Å². The van der Waals surface area contributed by atoms with Gasteiger partial charge in [0.15, 0.2) is 0 Å². The van der Waals surface area contributed by atoms with E-state index in [1.807, 2.05) is 0 Å². The molecule has 0 saturated carbocycles. The van der Waals surface area contributed by atoms with Gasteiger partial charge in [0.05, 0.1) is 6.54 Å². The first-order valence-corrected chi connectivity index (χ1v) is 8.11. The lowest BCUT2D eigenvalue weighted by molar-refractivity contribution is -0.121. The van der Waals surface area contributed by atoms with E-state index in [-0.39, 0.29) is 5.91 Å². The van der Waals surface area contributed by atoms with Crippen molar-refractivity contribution in [3.05, 3.63) is 21.9 Å². The Balaban J connectivity index is 2.28. The maximum Gasteiger partial charge on any atom is 0.220 e. The number of nitrogens with one attached hydrogen (secondary N) is 1. The number of hydrogen-bond acceptors (Lipinski definition) is 3. The van der Waals surface area contributed by atoms with E-state index in [4.69, 9.17) is 5.73 Å². The molecular weight excluding hydrogens is 256 g/mol. The van der Waals surface area contributed by atoms with Gasteiger partial charge in [0, 0.05) is 11.3 Å². The number of rotatable bonds is 9. The quantitative estimate of drug-likeness (QED) is 0.731. The van der Waals surface area contributed by atoms with Crippen LogP contribution in [-0.2, 0) is 17.8 Å². The Bertz CT molecular complexity index is 376. The van der Waals surface area contributed by atoms with E-state index in [2.05, 4.69) is 30.6 Å². The summed E-state index contributed by atoms with van der Waals surface area (Å²) in [7, 11) is 0. The summed E-state index contributed by atoms with van der Waals surface area (Å²) in [6, 6.07) is 2.14. The van der Waals surface area contributed by atoms with Crippen LogP contribution >= 0.6 is 11.3 Å². The van der Waals surface area contributed by atoms with Gasteiger partial charge in [-0.25, -0.2) is 0 Å². The van der Waals surface area contributed by atoms with Gasteiger partial charge in [0.1, 0.15) is 0 Å². The molecule has 1 aromatic heterocycles.